The van der Waals surface area contributed by atoms with Gasteiger partial charge in [-0.25, -0.2) is 0 Å². The summed E-state index contributed by atoms with van der Waals surface area (Å²) in [5.41, 5.74) is 0. The van der Waals surface area contributed by atoms with Crippen LogP contribution in [0.3, 0.4) is 0 Å². The standard InChI is InChI=1S/C11H19N3O/c1-3-12-6-4-5-10-13-14-11(15-10)9-7-8(9)2/h8-9,12H,3-7H2,1-2H3. The molecule has 2 unspecified atom stereocenters. The smallest absolute Gasteiger partial charge is 0.219 e. The van der Waals surface area contributed by atoms with E-state index in [2.05, 4.69) is 29.4 Å². The van der Waals surface area contributed by atoms with Crippen molar-refractivity contribution in [2.45, 2.75) is 39.0 Å². The molecule has 4 heteroatoms. The molecule has 1 saturated carbocycles. The van der Waals surface area contributed by atoms with Crippen LogP contribution in [-0.2, 0) is 6.42 Å². The predicted octanol–water partition coefficient (Wildman–Crippen LogP) is 1.74. The average Bonchev–Trinajstić information content (AvgIpc) is 2.80. The third kappa shape index (κ3) is 2.78. The highest BCUT2D eigenvalue weighted by Crippen LogP contribution is 2.46. The second kappa shape index (κ2) is 4.75. The van der Waals surface area contributed by atoms with Crippen LogP contribution in [0.4, 0.5) is 0 Å². The summed E-state index contributed by atoms with van der Waals surface area (Å²) in [5, 5.41) is 11.4. The number of rotatable bonds is 6. The van der Waals surface area contributed by atoms with Gasteiger partial charge in [-0.1, -0.05) is 13.8 Å². The van der Waals surface area contributed by atoms with Crippen LogP contribution in [0.15, 0.2) is 4.42 Å². The normalized spacial score (nSPS) is 24.4. The largest absolute Gasteiger partial charge is 0.425 e. The lowest BCUT2D eigenvalue weighted by Gasteiger charge is -1.97. The number of nitrogens with zero attached hydrogens (tertiary/aromatic N) is 2. The molecule has 1 aliphatic carbocycles. The number of hydrogen-bond acceptors (Lipinski definition) is 4. The molecule has 1 aromatic rings. The average molecular weight is 209 g/mol. The Morgan fingerprint density at radius 3 is 2.93 bits per heavy atom. The van der Waals surface area contributed by atoms with Crippen LogP contribution in [0.25, 0.3) is 0 Å². The Balaban J connectivity index is 1.75. The van der Waals surface area contributed by atoms with E-state index in [0.717, 1.165) is 43.6 Å². The Morgan fingerprint density at radius 2 is 2.27 bits per heavy atom. The fraction of sp³-hybridized carbons (Fsp3) is 0.818. The molecule has 0 aliphatic heterocycles. The Kier molecular flexibility index (Phi) is 3.36. The highest BCUT2D eigenvalue weighted by Gasteiger charge is 2.38. The first-order valence-corrected chi connectivity index (χ1v) is 5.84. The van der Waals surface area contributed by atoms with Crippen molar-refractivity contribution in [2.75, 3.05) is 13.1 Å². The third-order valence-corrected chi connectivity index (χ3v) is 2.90. The second-order valence-corrected chi connectivity index (χ2v) is 4.31. The van der Waals surface area contributed by atoms with Crippen LogP contribution in [0, 0.1) is 5.92 Å². The van der Waals surface area contributed by atoms with E-state index in [-0.39, 0.29) is 0 Å². The molecule has 15 heavy (non-hydrogen) atoms. The van der Waals surface area contributed by atoms with Gasteiger partial charge >= 0.3 is 0 Å². The van der Waals surface area contributed by atoms with Gasteiger partial charge in [0.2, 0.25) is 11.8 Å². The molecule has 0 amide bonds. The van der Waals surface area contributed by atoms with E-state index in [4.69, 9.17) is 4.42 Å². The molecule has 0 saturated heterocycles. The lowest BCUT2D eigenvalue weighted by atomic mass is 10.3. The summed E-state index contributed by atoms with van der Waals surface area (Å²) >= 11 is 0. The molecule has 84 valence electrons. The van der Waals surface area contributed by atoms with Gasteiger partial charge in [-0.15, -0.1) is 10.2 Å². The summed E-state index contributed by atoms with van der Waals surface area (Å²) in [6.07, 6.45) is 3.16. The van der Waals surface area contributed by atoms with Crippen molar-refractivity contribution in [3.8, 4) is 0 Å². The zero-order valence-corrected chi connectivity index (χ0v) is 9.49. The first-order chi connectivity index (χ1) is 7.31. The maximum absolute atomic E-state index is 5.61. The van der Waals surface area contributed by atoms with Crippen molar-refractivity contribution in [2.24, 2.45) is 5.92 Å². The Bertz CT molecular complexity index is 311. The first-order valence-electron chi connectivity index (χ1n) is 5.84. The van der Waals surface area contributed by atoms with E-state index >= 15 is 0 Å². The zero-order valence-electron chi connectivity index (χ0n) is 9.49. The molecule has 1 N–H and O–H groups in total. The Morgan fingerprint density at radius 1 is 1.47 bits per heavy atom. The van der Waals surface area contributed by atoms with E-state index in [1.807, 2.05) is 0 Å². The maximum atomic E-state index is 5.61. The Labute approximate surface area is 90.5 Å². The van der Waals surface area contributed by atoms with E-state index in [1.54, 1.807) is 0 Å². The van der Waals surface area contributed by atoms with Crippen LogP contribution in [0.5, 0.6) is 0 Å². The fourth-order valence-corrected chi connectivity index (χ4v) is 1.73. The first kappa shape index (κ1) is 10.6. The quantitative estimate of drug-likeness (QED) is 0.725. The molecule has 4 nitrogen and oxygen atoms in total. The molecule has 2 rings (SSSR count). The lowest BCUT2D eigenvalue weighted by molar-refractivity contribution is 0.439. The summed E-state index contributed by atoms with van der Waals surface area (Å²) in [6, 6.07) is 0. The van der Waals surface area contributed by atoms with Crippen LogP contribution in [0.1, 0.15) is 44.4 Å². The zero-order chi connectivity index (χ0) is 10.7. The minimum atomic E-state index is 0.542. The summed E-state index contributed by atoms with van der Waals surface area (Å²) in [4.78, 5) is 0. The van der Waals surface area contributed by atoms with Crippen LogP contribution < -0.4 is 5.32 Å². The van der Waals surface area contributed by atoms with Crippen LogP contribution in [0.2, 0.25) is 0 Å². The number of nitrogens with one attached hydrogen (secondary N) is 1. The minimum absolute atomic E-state index is 0.542. The topological polar surface area (TPSA) is 51.0 Å². The number of aryl methyl sites for hydroxylation is 1. The summed E-state index contributed by atoms with van der Waals surface area (Å²) < 4.78 is 5.61. The number of aromatic nitrogens is 2. The van der Waals surface area contributed by atoms with Gasteiger partial charge < -0.3 is 9.73 Å². The summed E-state index contributed by atoms with van der Waals surface area (Å²) in [7, 11) is 0. The monoisotopic (exact) mass is 209 g/mol. The van der Waals surface area contributed by atoms with Gasteiger partial charge in [0.05, 0.1) is 0 Å². The molecule has 1 aliphatic rings. The molecular formula is C11H19N3O. The minimum Gasteiger partial charge on any atom is -0.425 e. The molecule has 2 atom stereocenters. The molecule has 0 aromatic carbocycles. The van der Waals surface area contributed by atoms with Crippen molar-refractivity contribution in [1.29, 1.82) is 0 Å². The van der Waals surface area contributed by atoms with E-state index in [1.165, 1.54) is 6.42 Å². The predicted molar refractivity (Wildman–Crippen MR) is 57.7 cm³/mol. The SMILES string of the molecule is CCNCCCc1nnc(C2CC2C)o1. The second-order valence-electron chi connectivity index (χ2n) is 4.31. The van der Waals surface area contributed by atoms with Crippen LogP contribution in [-0.4, -0.2) is 23.3 Å². The lowest BCUT2D eigenvalue weighted by Crippen LogP contribution is -2.14. The van der Waals surface area contributed by atoms with Crippen molar-refractivity contribution >= 4 is 0 Å². The van der Waals surface area contributed by atoms with Gasteiger partial charge in [-0.2, -0.15) is 0 Å². The molecule has 0 radical (unpaired) electrons. The van der Waals surface area contributed by atoms with Gasteiger partial charge in [-0.05, 0) is 31.8 Å². The fourth-order valence-electron chi connectivity index (χ4n) is 1.73. The maximum Gasteiger partial charge on any atom is 0.219 e. The number of hydrogen-bond donors (Lipinski definition) is 1. The molecule has 0 spiro atoms. The third-order valence-electron chi connectivity index (χ3n) is 2.90. The Hall–Kier alpha value is -0.900. The molecule has 1 heterocycles. The van der Waals surface area contributed by atoms with Gasteiger partial charge in [0.1, 0.15) is 0 Å². The van der Waals surface area contributed by atoms with Crippen LogP contribution >= 0.6 is 0 Å². The van der Waals surface area contributed by atoms with E-state index < -0.39 is 0 Å². The summed E-state index contributed by atoms with van der Waals surface area (Å²) in [5.74, 6) is 2.92. The van der Waals surface area contributed by atoms with Crippen molar-refractivity contribution in [3.05, 3.63) is 11.8 Å². The highest BCUT2D eigenvalue weighted by atomic mass is 16.4. The van der Waals surface area contributed by atoms with Gasteiger partial charge in [0.15, 0.2) is 0 Å². The van der Waals surface area contributed by atoms with E-state index in [9.17, 15) is 0 Å². The molecule has 1 aromatic heterocycles. The molecule has 0 bridgehead atoms. The van der Waals surface area contributed by atoms with Gasteiger partial charge in [0.25, 0.3) is 0 Å². The van der Waals surface area contributed by atoms with Crippen molar-refractivity contribution in [1.82, 2.24) is 15.5 Å². The summed E-state index contributed by atoms with van der Waals surface area (Å²) in [6.45, 7) is 6.38. The van der Waals surface area contributed by atoms with Crippen molar-refractivity contribution < 1.29 is 4.42 Å². The molecule has 1 fully saturated rings. The van der Waals surface area contributed by atoms with E-state index in [0.29, 0.717) is 5.92 Å². The van der Waals surface area contributed by atoms with Crippen molar-refractivity contribution in [3.63, 3.8) is 0 Å². The van der Waals surface area contributed by atoms with Gasteiger partial charge in [-0.3, -0.25) is 0 Å². The van der Waals surface area contributed by atoms with Gasteiger partial charge in [0, 0.05) is 12.3 Å². The molecular weight excluding hydrogens is 190 g/mol. The highest BCUT2D eigenvalue weighted by molar-refractivity contribution is 5.04.